The number of carbonyl (C=O) groups excluding carboxylic acids is 1. The van der Waals surface area contributed by atoms with Crippen LogP contribution in [0.2, 0.25) is 0 Å². The van der Waals surface area contributed by atoms with Gasteiger partial charge >= 0.3 is 6.09 Å². The van der Waals surface area contributed by atoms with Crippen molar-refractivity contribution in [3.8, 4) is 0 Å². The molecule has 6 heteroatoms. The number of rotatable bonds is 3. The summed E-state index contributed by atoms with van der Waals surface area (Å²) in [6.07, 6.45) is 0.0260. The molecule has 2 heterocycles. The fraction of sp³-hybridized carbons (Fsp3) is 0.950. The number of aliphatic hydroxyl groups is 1. The van der Waals surface area contributed by atoms with Crippen molar-refractivity contribution in [3.05, 3.63) is 0 Å². The van der Waals surface area contributed by atoms with E-state index in [-0.39, 0.29) is 41.7 Å². The largest absolute Gasteiger partial charge is 0.443 e. The van der Waals surface area contributed by atoms with Gasteiger partial charge in [0.2, 0.25) is 0 Å². The Balaban J connectivity index is 1.78. The first-order valence-corrected chi connectivity index (χ1v) is 10.1. The molecule has 0 bridgehead atoms. The van der Waals surface area contributed by atoms with Crippen LogP contribution in [0, 0.1) is 23.2 Å². The molecular weight excluding hydrogens is 332 g/mol. The number of hydrogen-bond acceptors (Lipinski definition) is 5. The predicted octanol–water partition coefficient (Wildman–Crippen LogP) is 2.38. The van der Waals surface area contributed by atoms with Gasteiger partial charge in [0, 0.05) is 18.6 Å². The van der Waals surface area contributed by atoms with Gasteiger partial charge in [-0.05, 0) is 42.9 Å². The number of hydrogen-bond donors (Lipinski definition) is 2. The average Bonchev–Trinajstić information content (AvgIpc) is 2.60. The molecular formula is C20H36N2O4. The standard InChI is InChI=1S/C20H36N2O4/c1-11(2)15(26-18(24)22-8-7-9-22)13-10-12(3)14-16(25-13)17(23)20(6,21)19(14,4)5/h11-17,23H,7-10,21H2,1-6H3. The van der Waals surface area contributed by atoms with Crippen LogP contribution in [0.5, 0.6) is 0 Å². The zero-order valence-electron chi connectivity index (χ0n) is 17.1. The number of nitrogens with two attached hydrogens (primary N) is 1. The van der Waals surface area contributed by atoms with Crippen LogP contribution in [0.15, 0.2) is 0 Å². The van der Waals surface area contributed by atoms with Crippen molar-refractivity contribution in [2.75, 3.05) is 13.1 Å². The van der Waals surface area contributed by atoms with Crippen molar-refractivity contribution in [2.24, 2.45) is 28.9 Å². The Morgan fingerprint density at radius 3 is 2.42 bits per heavy atom. The number of carbonyl (C=O) groups is 1. The predicted molar refractivity (Wildman–Crippen MR) is 99.6 cm³/mol. The van der Waals surface area contributed by atoms with Gasteiger partial charge in [0.1, 0.15) is 6.10 Å². The minimum Gasteiger partial charge on any atom is -0.443 e. The molecule has 0 radical (unpaired) electrons. The number of fused-ring (bicyclic) bond motifs is 1. The minimum absolute atomic E-state index is 0.143. The second-order valence-electron chi connectivity index (χ2n) is 9.76. The van der Waals surface area contributed by atoms with Crippen LogP contribution in [0.25, 0.3) is 0 Å². The Hall–Kier alpha value is -0.850. The third kappa shape index (κ3) is 2.94. The van der Waals surface area contributed by atoms with Gasteiger partial charge in [-0.3, -0.25) is 0 Å². The van der Waals surface area contributed by atoms with Gasteiger partial charge in [-0.15, -0.1) is 0 Å². The molecule has 150 valence electrons. The monoisotopic (exact) mass is 368 g/mol. The molecule has 6 nitrogen and oxygen atoms in total. The van der Waals surface area contributed by atoms with Crippen LogP contribution in [0.1, 0.15) is 54.4 Å². The van der Waals surface area contributed by atoms with E-state index in [0.717, 1.165) is 25.9 Å². The molecule has 0 spiro atoms. The normalized spacial score (nSPS) is 43.0. The van der Waals surface area contributed by atoms with Crippen molar-refractivity contribution in [1.82, 2.24) is 4.90 Å². The van der Waals surface area contributed by atoms with Gasteiger partial charge in [-0.25, -0.2) is 4.79 Å². The van der Waals surface area contributed by atoms with Crippen LogP contribution in [-0.4, -0.2) is 59.1 Å². The molecule has 3 fully saturated rings. The number of aliphatic hydroxyl groups excluding tert-OH is 1. The SMILES string of the molecule is CC(C)C(OC(=O)N1CCC1)C1CC(C)C2C(O1)C(O)C(C)(N)C2(C)C. The Bertz CT molecular complexity index is 544. The van der Waals surface area contributed by atoms with E-state index in [1.807, 2.05) is 6.92 Å². The molecule has 2 aliphatic heterocycles. The van der Waals surface area contributed by atoms with E-state index in [0.29, 0.717) is 5.92 Å². The lowest BCUT2D eigenvalue weighted by molar-refractivity contribution is -0.179. The lowest BCUT2D eigenvalue weighted by Crippen LogP contribution is -2.55. The Labute approximate surface area is 157 Å². The van der Waals surface area contributed by atoms with Crippen molar-refractivity contribution < 1.29 is 19.4 Å². The van der Waals surface area contributed by atoms with Crippen molar-refractivity contribution in [1.29, 1.82) is 0 Å². The highest BCUT2D eigenvalue weighted by Crippen LogP contribution is 2.56. The summed E-state index contributed by atoms with van der Waals surface area (Å²) in [4.78, 5) is 14.1. The molecule has 3 rings (SSSR count). The summed E-state index contributed by atoms with van der Waals surface area (Å²) >= 11 is 0. The minimum atomic E-state index is -0.730. The third-order valence-corrected chi connectivity index (χ3v) is 7.42. The fourth-order valence-electron chi connectivity index (χ4n) is 5.20. The smallest absolute Gasteiger partial charge is 0.410 e. The Kier molecular flexibility index (Phi) is 5.08. The van der Waals surface area contributed by atoms with E-state index in [9.17, 15) is 9.90 Å². The maximum Gasteiger partial charge on any atom is 0.410 e. The van der Waals surface area contributed by atoms with Crippen LogP contribution >= 0.6 is 0 Å². The van der Waals surface area contributed by atoms with E-state index >= 15 is 0 Å². The van der Waals surface area contributed by atoms with E-state index in [4.69, 9.17) is 15.2 Å². The fourth-order valence-corrected chi connectivity index (χ4v) is 5.20. The highest BCUT2D eigenvalue weighted by Gasteiger charge is 2.64. The van der Waals surface area contributed by atoms with Crippen molar-refractivity contribution in [2.45, 2.75) is 84.3 Å². The van der Waals surface area contributed by atoms with Gasteiger partial charge in [0.25, 0.3) is 0 Å². The molecule has 1 amide bonds. The molecule has 0 aromatic rings. The van der Waals surface area contributed by atoms with Crippen molar-refractivity contribution in [3.63, 3.8) is 0 Å². The summed E-state index contributed by atoms with van der Waals surface area (Å²) in [6.45, 7) is 14.0. The highest BCUT2D eigenvalue weighted by molar-refractivity contribution is 5.68. The number of likely N-dealkylation sites (tertiary alicyclic amines) is 1. The quantitative estimate of drug-likeness (QED) is 0.799. The van der Waals surface area contributed by atoms with Crippen LogP contribution in [-0.2, 0) is 9.47 Å². The summed E-state index contributed by atoms with van der Waals surface area (Å²) in [5.74, 6) is 0.658. The van der Waals surface area contributed by atoms with Crippen LogP contribution < -0.4 is 5.73 Å². The lowest BCUT2D eigenvalue weighted by Gasteiger charge is -2.46. The van der Waals surface area contributed by atoms with E-state index < -0.39 is 11.6 Å². The van der Waals surface area contributed by atoms with E-state index in [2.05, 4.69) is 34.6 Å². The van der Waals surface area contributed by atoms with E-state index in [1.165, 1.54) is 0 Å². The summed E-state index contributed by atoms with van der Waals surface area (Å²) in [5.41, 5.74) is 5.58. The van der Waals surface area contributed by atoms with Gasteiger partial charge in [0.05, 0.1) is 18.3 Å². The number of ether oxygens (including phenoxy) is 2. The van der Waals surface area contributed by atoms with Gasteiger partial charge in [-0.1, -0.05) is 34.6 Å². The van der Waals surface area contributed by atoms with E-state index in [1.54, 1.807) is 4.90 Å². The second-order valence-corrected chi connectivity index (χ2v) is 9.76. The Morgan fingerprint density at radius 1 is 1.31 bits per heavy atom. The molecule has 3 N–H and O–H groups in total. The van der Waals surface area contributed by atoms with Gasteiger partial charge in [-0.2, -0.15) is 0 Å². The topological polar surface area (TPSA) is 85.0 Å². The molecule has 0 aromatic carbocycles. The molecule has 3 aliphatic rings. The first-order valence-electron chi connectivity index (χ1n) is 10.1. The van der Waals surface area contributed by atoms with Gasteiger partial charge in [0.15, 0.2) is 0 Å². The maximum atomic E-state index is 12.3. The zero-order chi connectivity index (χ0) is 19.4. The highest BCUT2D eigenvalue weighted by atomic mass is 16.6. The van der Waals surface area contributed by atoms with Crippen molar-refractivity contribution >= 4 is 6.09 Å². The molecule has 2 saturated heterocycles. The summed E-state index contributed by atoms with van der Waals surface area (Å²) in [6, 6.07) is 0. The Morgan fingerprint density at radius 2 is 1.92 bits per heavy atom. The number of nitrogens with zero attached hydrogens (tertiary/aromatic N) is 1. The summed E-state index contributed by atoms with van der Waals surface area (Å²) in [7, 11) is 0. The molecule has 1 saturated carbocycles. The molecule has 1 aliphatic carbocycles. The van der Waals surface area contributed by atoms with Crippen LogP contribution in [0.3, 0.4) is 0 Å². The summed E-state index contributed by atoms with van der Waals surface area (Å²) in [5, 5.41) is 10.9. The van der Waals surface area contributed by atoms with Crippen LogP contribution in [0.4, 0.5) is 4.79 Å². The molecule has 7 atom stereocenters. The summed E-state index contributed by atoms with van der Waals surface area (Å²) < 4.78 is 12.2. The third-order valence-electron chi connectivity index (χ3n) is 7.42. The first kappa shape index (κ1) is 19.9. The average molecular weight is 369 g/mol. The maximum absolute atomic E-state index is 12.3. The molecule has 26 heavy (non-hydrogen) atoms. The lowest BCUT2D eigenvalue weighted by atomic mass is 9.65. The van der Waals surface area contributed by atoms with Gasteiger partial charge < -0.3 is 25.2 Å². The zero-order valence-corrected chi connectivity index (χ0v) is 17.1. The second kappa shape index (κ2) is 6.64. The number of amides is 1. The molecule has 0 aromatic heterocycles. The first-order chi connectivity index (χ1) is 12.0. The molecule has 7 unspecified atom stereocenters.